The van der Waals surface area contributed by atoms with Crippen molar-refractivity contribution in [1.82, 2.24) is 5.32 Å². The van der Waals surface area contributed by atoms with Crippen molar-refractivity contribution in [3.8, 4) is 0 Å². The van der Waals surface area contributed by atoms with Crippen LogP contribution in [-0.2, 0) is 4.79 Å². The maximum absolute atomic E-state index is 13.9. The lowest BCUT2D eigenvalue weighted by molar-refractivity contribution is -0.116. The van der Waals surface area contributed by atoms with Gasteiger partial charge in [-0.3, -0.25) is 9.59 Å². The predicted molar refractivity (Wildman–Crippen MR) is 85.1 cm³/mol. The second-order valence-corrected chi connectivity index (χ2v) is 5.59. The summed E-state index contributed by atoms with van der Waals surface area (Å²) in [5.74, 6) is -1.00. The van der Waals surface area contributed by atoms with Gasteiger partial charge >= 0.3 is 0 Å². The van der Waals surface area contributed by atoms with Crippen LogP contribution in [-0.4, -0.2) is 24.9 Å². The molecule has 0 aliphatic heterocycles. The monoisotopic (exact) mass is 309 g/mol. The van der Waals surface area contributed by atoms with Crippen LogP contribution in [0.5, 0.6) is 0 Å². The number of rotatable bonds is 8. The van der Waals surface area contributed by atoms with Crippen LogP contribution in [0.15, 0.2) is 18.2 Å². The fourth-order valence-electron chi connectivity index (χ4n) is 1.90. The van der Waals surface area contributed by atoms with Gasteiger partial charge in [-0.05, 0) is 43.5 Å². The maximum Gasteiger partial charge on any atom is 0.251 e. The van der Waals surface area contributed by atoms with Gasteiger partial charge in [-0.2, -0.15) is 0 Å². The number of hydrogen-bond acceptors (Lipinski definition) is 3. The summed E-state index contributed by atoms with van der Waals surface area (Å²) in [6.45, 7) is 4.90. The summed E-state index contributed by atoms with van der Waals surface area (Å²) >= 11 is 0. The molecular weight excluding hydrogens is 285 g/mol. The molecule has 0 radical (unpaired) electrons. The molecule has 122 valence electrons. The van der Waals surface area contributed by atoms with E-state index in [9.17, 15) is 14.0 Å². The zero-order valence-corrected chi connectivity index (χ0v) is 13.1. The molecule has 0 saturated heterocycles. The first-order valence-electron chi connectivity index (χ1n) is 7.51. The first-order chi connectivity index (χ1) is 10.4. The van der Waals surface area contributed by atoms with Gasteiger partial charge in [0.25, 0.3) is 5.91 Å². The number of carbonyl (C=O) groups excluding carboxylic acids is 2. The predicted octanol–water partition coefficient (Wildman–Crippen LogP) is 2.28. The number of carbonyl (C=O) groups is 2. The minimum absolute atomic E-state index is 0.0883. The fourth-order valence-corrected chi connectivity index (χ4v) is 1.90. The van der Waals surface area contributed by atoms with Gasteiger partial charge in [0.15, 0.2) is 0 Å². The van der Waals surface area contributed by atoms with Gasteiger partial charge in [0, 0.05) is 18.5 Å². The van der Waals surface area contributed by atoms with E-state index in [1.165, 1.54) is 12.1 Å². The molecule has 0 aliphatic rings. The van der Waals surface area contributed by atoms with E-state index in [0.717, 1.165) is 18.9 Å². The number of hydrogen-bond donors (Lipinski definition) is 3. The van der Waals surface area contributed by atoms with Gasteiger partial charge in [0.2, 0.25) is 5.91 Å². The van der Waals surface area contributed by atoms with Crippen LogP contribution >= 0.6 is 0 Å². The Bertz CT molecular complexity index is 518. The van der Waals surface area contributed by atoms with Crippen LogP contribution in [0.1, 0.15) is 43.5 Å². The second-order valence-electron chi connectivity index (χ2n) is 5.59. The van der Waals surface area contributed by atoms with E-state index in [1.54, 1.807) is 0 Å². The molecular formula is C16H24FN3O2. The van der Waals surface area contributed by atoms with Crippen LogP contribution in [0, 0.1) is 11.7 Å². The molecule has 0 bridgehead atoms. The van der Waals surface area contributed by atoms with Gasteiger partial charge in [0.1, 0.15) is 5.82 Å². The highest BCUT2D eigenvalue weighted by molar-refractivity contribution is 5.95. The highest BCUT2D eigenvalue weighted by Gasteiger charge is 2.12. The van der Waals surface area contributed by atoms with Gasteiger partial charge in [-0.1, -0.05) is 13.8 Å². The van der Waals surface area contributed by atoms with E-state index >= 15 is 0 Å². The lowest BCUT2D eigenvalue weighted by Gasteiger charge is -2.10. The van der Waals surface area contributed by atoms with Gasteiger partial charge < -0.3 is 16.4 Å². The minimum atomic E-state index is -0.619. The summed E-state index contributed by atoms with van der Waals surface area (Å²) < 4.78 is 13.9. The van der Waals surface area contributed by atoms with Crippen molar-refractivity contribution >= 4 is 17.5 Å². The molecule has 4 N–H and O–H groups in total. The molecule has 0 fully saturated rings. The zero-order chi connectivity index (χ0) is 16.5. The van der Waals surface area contributed by atoms with Crippen molar-refractivity contribution in [3.05, 3.63) is 29.6 Å². The van der Waals surface area contributed by atoms with E-state index in [4.69, 9.17) is 5.73 Å². The van der Waals surface area contributed by atoms with Crippen molar-refractivity contribution in [3.63, 3.8) is 0 Å². The summed E-state index contributed by atoms with van der Waals surface area (Å²) in [5, 5.41) is 5.21. The average Bonchev–Trinajstić information content (AvgIpc) is 2.44. The standard InChI is InChI=1S/C16H24FN3O2/c1-11(2)9-15(21)20-14-6-5-12(10-13(14)17)16(22)19-8-4-3-7-18/h5-6,10-11H,3-4,7-9,18H2,1-2H3,(H,19,22)(H,20,21). The number of anilines is 1. The van der Waals surface area contributed by atoms with Crippen molar-refractivity contribution in [1.29, 1.82) is 0 Å². The smallest absolute Gasteiger partial charge is 0.251 e. The average molecular weight is 309 g/mol. The zero-order valence-electron chi connectivity index (χ0n) is 13.1. The molecule has 0 saturated carbocycles. The van der Waals surface area contributed by atoms with E-state index in [0.29, 0.717) is 19.5 Å². The Balaban J connectivity index is 2.61. The topological polar surface area (TPSA) is 84.2 Å². The lowest BCUT2D eigenvalue weighted by Crippen LogP contribution is -2.25. The summed E-state index contributed by atoms with van der Waals surface area (Å²) in [6, 6.07) is 4.03. The van der Waals surface area contributed by atoms with Gasteiger partial charge in [-0.15, -0.1) is 0 Å². The number of unbranched alkanes of at least 4 members (excludes halogenated alkanes) is 1. The number of benzene rings is 1. The van der Waals surface area contributed by atoms with Crippen LogP contribution in [0.25, 0.3) is 0 Å². The Morgan fingerprint density at radius 3 is 2.59 bits per heavy atom. The third kappa shape index (κ3) is 6.22. The van der Waals surface area contributed by atoms with Crippen LogP contribution in [0.3, 0.4) is 0 Å². The Labute approximate surface area is 130 Å². The molecule has 0 heterocycles. The van der Waals surface area contributed by atoms with Gasteiger partial charge in [0.05, 0.1) is 5.69 Å². The Kier molecular flexibility index (Phi) is 7.52. The number of nitrogens with two attached hydrogens (primary N) is 1. The SMILES string of the molecule is CC(C)CC(=O)Nc1ccc(C(=O)NCCCCN)cc1F. The van der Waals surface area contributed by atoms with Crippen LogP contribution in [0.2, 0.25) is 0 Å². The number of halogens is 1. The summed E-state index contributed by atoms with van der Waals surface area (Å²) in [6.07, 6.45) is 1.94. The van der Waals surface area contributed by atoms with E-state index in [2.05, 4.69) is 10.6 Å². The van der Waals surface area contributed by atoms with Crippen molar-refractivity contribution in [2.45, 2.75) is 33.1 Å². The fraction of sp³-hybridized carbons (Fsp3) is 0.500. The Hall–Kier alpha value is -1.95. The molecule has 0 aromatic heterocycles. The minimum Gasteiger partial charge on any atom is -0.352 e. The molecule has 1 aromatic carbocycles. The Morgan fingerprint density at radius 2 is 2.00 bits per heavy atom. The third-order valence-electron chi connectivity index (χ3n) is 3.02. The molecule has 2 amide bonds. The summed E-state index contributed by atoms with van der Waals surface area (Å²) in [7, 11) is 0. The molecule has 5 nitrogen and oxygen atoms in total. The molecule has 0 unspecified atom stereocenters. The van der Waals surface area contributed by atoms with Crippen LogP contribution in [0.4, 0.5) is 10.1 Å². The first kappa shape index (κ1) is 18.1. The van der Waals surface area contributed by atoms with E-state index in [1.807, 2.05) is 13.8 Å². The van der Waals surface area contributed by atoms with Crippen molar-refractivity contribution in [2.24, 2.45) is 11.7 Å². The molecule has 6 heteroatoms. The molecule has 0 spiro atoms. The van der Waals surface area contributed by atoms with E-state index < -0.39 is 5.82 Å². The molecule has 1 aromatic rings. The van der Waals surface area contributed by atoms with Crippen LogP contribution < -0.4 is 16.4 Å². The lowest BCUT2D eigenvalue weighted by atomic mass is 10.1. The normalized spacial score (nSPS) is 10.6. The highest BCUT2D eigenvalue weighted by Crippen LogP contribution is 2.16. The second kappa shape index (κ2) is 9.15. The molecule has 0 atom stereocenters. The quantitative estimate of drug-likeness (QED) is 0.644. The molecule has 0 aliphatic carbocycles. The molecule has 1 rings (SSSR count). The number of nitrogens with one attached hydrogen (secondary N) is 2. The van der Waals surface area contributed by atoms with Crippen molar-refractivity contribution < 1.29 is 14.0 Å². The Morgan fingerprint density at radius 1 is 1.27 bits per heavy atom. The number of amides is 2. The largest absolute Gasteiger partial charge is 0.352 e. The van der Waals surface area contributed by atoms with Crippen molar-refractivity contribution in [2.75, 3.05) is 18.4 Å². The third-order valence-corrected chi connectivity index (χ3v) is 3.02. The van der Waals surface area contributed by atoms with E-state index in [-0.39, 0.29) is 29.0 Å². The first-order valence-corrected chi connectivity index (χ1v) is 7.51. The maximum atomic E-state index is 13.9. The van der Waals surface area contributed by atoms with Gasteiger partial charge in [-0.25, -0.2) is 4.39 Å². The summed E-state index contributed by atoms with van der Waals surface area (Å²) in [4.78, 5) is 23.5. The molecule has 22 heavy (non-hydrogen) atoms. The highest BCUT2D eigenvalue weighted by atomic mass is 19.1. The summed E-state index contributed by atoms with van der Waals surface area (Å²) in [5.41, 5.74) is 5.68.